The highest BCUT2D eigenvalue weighted by molar-refractivity contribution is 5.42. The van der Waals surface area contributed by atoms with E-state index in [1.54, 1.807) is 21.3 Å². The van der Waals surface area contributed by atoms with E-state index >= 15 is 0 Å². The standard InChI is InChI=1S/C18H22O3/c1-19-16-10-7-14(8-11-16)5-4-6-15-9-12-17(20-2)18(13-15)21-3/h7-13H,4-6H2,1-3H3. The Labute approximate surface area is 126 Å². The van der Waals surface area contributed by atoms with Crippen LogP contribution in [-0.4, -0.2) is 21.3 Å². The number of methoxy groups -OCH3 is 3. The third-order valence-electron chi connectivity index (χ3n) is 3.54. The lowest BCUT2D eigenvalue weighted by Crippen LogP contribution is -1.94. The Bertz CT molecular complexity index is 561. The summed E-state index contributed by atoms with van der Waals surface area (Å²) in [6.45, 7) is 0. The third-order valence-corrected chi connectivity index (χ3v) is 3.54. The van der Waals surface area contributed by atoms with Crippen molar-refractivity contribution in [2.24, 2.45) is 0 Å². The van der Waals surface area contributed by atoms with Crippen molar-refractivity contribution in [3.63, 3.8) is 0 Å². The average molecular weight is 286 g/mol. The fraction of sp³-hybridized carbons (Fsp3) is 0.333. The number of benzene rings is 2. The fourth-order valence-corrected chi connectivity index (χ4v) is 2.32. The first-order chi connectivity index (χ1) is 10.3. The minimum Gasteiger partial charge on any atom is -0.497 e. The Morgan fingerprint density at radius 2 is 1.29 bits per heavy atom. The Balaban J connectivity index is 1.90. The lowest BCUT2D eigenvalue weighted by Gasteiger charge is -2.09. The zero-order chi connectivity index (χ0) is 15.1. The molecule has 0 atom stereocenters. The molecule has 0 bridgehead atoms. The predicted molar refractivity (Wildman–Crippen MR) is 84.6 cm³/mol. The van der Waals surface area contributed by atoms with Gasteiger partial charge in [-0.25, -0.2) is 0 Å². The molecule has 2 aromatic rings. The van der Waals surface area contributed by atoms with Crippen LogP contribution in [0.3, 0.4) is 0 Å². The second-order valence-corrected chi connectivity index (χ2v) is 4.89. The van der Waals surface area contributed by atoms with Crippen molar-refractivity contribution in [3.05, 3.63) is 53.6 Å². The molecular formula is C18H22O3. The van der Waals surface area contributed by atoms with Crippen LogP contribution in [0.2, 0.25) is 0 Å². The molecule has 0 aromatic heterocycles. The van der Waals surface area contributed by atoms with Gasteiger partial charge in [0.25, 0.3) is 0 Å². The van der Waals surface area contributed by atoms with Crippen molar-refractivity contribution in [2.45, 2.75) is 19.3 Å². The molecule has 112 valence electrons. The Kier molecular flexibility index (Phi) is 5.50. The van der Waals surface area contributed by atoms with E-state index in [1.807, 2.05) is 24.3 Å². The number of aryl methyl sites for hydroxylation is 2. The van der Waals surface area contributed by atoms with Crippen molar-refractivity contribution >= 4 is 0 Å². The van der Waals surface area contributed by atoms with Gasteiger partial charge in [0.05, 0.1) is 21.3 Å². The maximum absolute atomic E-state index is 5.33. The van der Waals surface area contributed by atoms with E-state index in [0.717, 1.165) is 36.5 Å². The number of ether oxygens (including phenoxy) is 3. The first-order valence-electron chi connectivity index (χ1n) is 7.10. The second-order valence-electron chi connectivity index (χ2n) is 4.89. The van der Waals surface area contributed by atoms with Gasteiger partial charge in [0.15, 0.2) is 11.5 Å². The molecule has 21 heavy (non-hydrogen) atoms. The topological polar surface area (TPSA) is 27.7 Å². The summed E-state index contributed by atoms with van der Waals surface area (Å²) in [5.74, 6) is 2.47. The molecule has 0 aliphatic heterocycles. The van der Waals surface area contributed by atoms with Gasteiger partial charge >= 0.3 is 0 Å². The first kappa shape index (κ1) is 15.2. The molecule has 0 fully saturated rings. The van der Waals surface area contributed by atoms with Crippen molar-refractivity contribution in [1.29, 1.82) is 0 Å². The normalized spacial score (nSPS) is 10.2. The van der Waals surface area contributed by atoms with Crippen LogP contribution < -0.4 is 14.2 Å². The quantitative estimate of drug-likeness (QED) is 0.773. The highest BCUT2D eigenvalue weighted by atomic mass is 16.5. The first-order valence-corrected chi connectivity index (χ1v) is 7.10. The van der Waals surface area contributed by atoms with E-state index in [-0.39, 0.29) is 0 Å². The zero-order valence-corrected chi connectivity index (χ0v) is 12.9. The van der Waals surface area contributed by atoms with E-state index in [0.29, 0.717) is 0 Å². The van der Waals surface area contributed by atoms with E-state index in [4.69, 9.17) is 14.2 Å². The molecule has 0 saturated heterocycles. The van der Waals surface area contributed by atoms with Gasteiger partial charge in [0.1, 0.15) is 5.75 Å². The lowest BCUT2D eigenvalue weighted by atomic mass is 10.0. The van der Waals surface area contributed by atoms with Crippen molar-refractivity contribution < 1.29 is 14.2 Å². The number of hydrogen-bond acceptors (Lipinski definition) is 3. The van der Waals surface area contributed by atoms with Crippen LogP contribution in [0.25, 0.3) is 0 Å². The summed E-state index contributed by atoms with van der Waals surface area (Å²) in [6.07, 6.45) is 3.17. The lowest BCUT2D eigenvalue weighted by molar-refractivity contribution is 0.354. The molecule has 0 radical (unpaired) electrons. The molecule has 0 heterocycles. The molecule has 0 saturated carbocycles. The monoisotopic (exact) mass is 286 g/mol. The fourth-order valence-electron chi connectivity index (χ4n) is 2.32. The van der Waals surface area contributed by atoms with Gasteiger partial charge < -0.3 is 14.2 Å². The number of rotatable bonds is 7. The third kappa shape index (κ3) is 4.15. The minimum atomic E-state index is 0.774. The molecule has 0 aliphatic rings. The molecule has 0 N–H and O–H groups in total. The van der Waals surface area contributed by atoms with Crippen LogP contribution in [0.4, 0.5) is 0 Å². The van der Waals surface area contributed by atoms with Gasteiger partial charge in [0.2, 0.25) is 0 Å². The average Bonchev–Trinajstić information content (AvgIpc) is 2.55. The summed E-state index contributed by atoms with van der Waals surface area (Å²) in [5.41, 5.74) is 2.59. The summed E-state index contributed by atoms with van der Waals surface area (Å²) >= 11 is 0. The summed E-state index contributed by atoms with van der Waals surface area (Å²) < 4.78 is 15.7. The molecule has 3 heteroatoms. The van der Waals surface area contributed by atoms with Crippen LogP contribution >= 0.6 is 0 Å². The molecule has 0 unspecified atom stereocenters. The van der Waals surface area contributed by atoms with Crippen molar-refractivity contribution in [1.82, 2.24) is 0 Å². The molecule has 3 nitrogen and oxygen atoms in total. The maximum atomic E-state index is 5.33. The van der Waals surface area contributed by atoms with E-state index in [1.165, 1.54) is 11.1 Å². The predicted octanol–water partition coefficient (Wildman–Crippen LogP) is 3.89. The number of hydrogen-bond donors (Lipinski definition) is 0. The van der Waals surface area contributed by atoms with Gasteiger partial charge in [0, 0.05) is 0 Å². The Hall–Kier alpha value is -2.16. The highest BCUT2D eigenvalue weighted by Crippen LogP contribution is 2.28. The zero-order valence-electron chi connectivity index (χ0n) is 12.9. The summed E-state index contributed by atoms with van der Waals surface area (Å²) in [7, 11) is 5.01. The van der Waals surface area contributed by atoms with Crippen molar-refractivity contribution in [3.8, 4) is 17.2 Å². The van der Waals surface area contributed by atoms with E-state index < -0.39 is 0 Å². The van der Waals surface area contributed by atoms with E-state index in [9.17, 15) is 0 Å². The van der Waals surface area contributed by atoms with Gasteiger partial charge in [-0.1, -0.05) is 18.2 Å². The molecule has 0 aliphatic carbocycles. The molecule has 2 aromatic carbocycles. The molecule has 0 amide bonds. The van der Waals surface area contributed by atoms with Crippen molar-refractivity contribution in [2.75, 3.05) is 21.3 Å². The van der Waals surface area contributed by atoms with Gasteiger partial charge in [-0.3, -0.25) is 0 Å². The van der Waals surface area contributed by atoms with Crippen LogP contribution in [-0.2, 0) is 12.8 Å². The summed E-state index contributed by atoms with van der Waals surface area (Å²) in [4.78, 5) is 0. The van der Waals surface area contributed by atoms with Crippen LogP contribution in [0, 0.1) is 0 Å². The van der Waals surface area contributed by atoms with Crippen LogP contribution in [0.1, 0.15) is 17.5 Å². The second kappa shape index (κ2) is 7.58. The highest BCUT2D eigenvalue weighted by Gasteiger charge is 2.04. The van der Waals surface area contributed by atoms with Crippen LogP contribution in [0.5, 0.6) is 17.2 Å². The Morgan fingerprint density at radius 3 is 1.90 bits per heavy atom. The van der Waals surface area contributed by atoms with E-state index in [2.05, 4.69) is 18.2 Å². The SMILES string of the molecule is COc1ccc(CCCc2ccc(OC)c(OC)c2)cc1. The van der Waals surface area contributed by atoms with Gasteiger partial charge in [-0.15, -0.1) is 0 Å². The smallest absolute Gasteiger partial charge is 0.160 e. The van der Waals surface area contributed by atoms with Gasteiger partial charge in [-0.05, 0) is 54.7 Å². The Morgan fingerprint density at radius 1 is 0.667 bits per heavy atom. The molecule has 2 rings (SSSR count). The molecule has 0 spiro atoms. The largest absolute Gasteiger partial charge is 0.497 e. The molecular weight excluding hydrogens is 264 g/mol. The summed E-state index contributed by atoms with van der Waals surface area (Å²) in [5, 5.41) is 0. The minimum absolute atomic E-state index is 0.774. The van der Waals surface area contributed by atoms with Gasteiger partial charge in [-0.2, -0.15) is 0 Å². The van der Waals surface area contributed by atoms with Crippen LogP contribution in [0.15, 0.2) is 42.5 Å². The maximum Gasteiger partial charge on any atom is 0.160 e. The summed E-state index contributed by atoms with van der Waals surface area (Å²) in [6, 6.07) is 14.3.